The summed E-state index contributed by atoms with van der Waals surface area (Å²) in [5, 5.41) is 24.8. The third-order valence-electron chi connectivity index (χ3n) is 4.98. The van der Waals surface area contributed by atoms with Gasteiger partial charge in [-0.1, -0.05) is 12.1 Å². The van der Waals surface area contributed by atoms with Crippen molar-refractivity contribution in [2.75, 3.05) is 25.5 Å². The second kappa shape index (κ2) is 7.86. The molecule has 0 unspecified atom stereocenters. The summed E-state index contributed by atoms with van der Waals surface area (Å²) in [6.07, 6.45) is 2.99. The number of anilines is 2. The molecule has 0 fully saturated rings. The molecule has 1 aliphatic heterocycles. The van der Waals surface area contributed by atoms with Gasteiger partial charge in [0.15, 0.2) is 5.69 Å². The second-order valence-corrected chi connectivity index (χ2v) is 6.90. The highest BCUT2D eigenvalue weighted by Gasteiger charge is 2.18. The van der Waals surface area contributed by atoms with Crippen LogP contribution < -0.4 is 15.4 Å². The van der Waals surface area contributed by atoms with Gasteiger partial charge in [-0.2, -0.15) is 5.26 Å². The van der Waals surface area contributed by atoms with Gasteiger partial charge in [0.2, 0.25) is 0 Å². The predicted octanol–water partition coefficient (Wildman–Crippen LogP) is 4.08. The first-order valence-electron chi connectivity index (χ1n) is 9.32. The van der Waals surface area contributed by atoms with Crippen molar-refractivity contribution in [3.05, 3.63) is 59.0 Å². The van der Waals surface area contributed by atoms with Crippen LogP contribution in [0.5, 0.6) is 5.75 Å². The van der Waals surface area contributed by atoms with E-state index < -0.39 is 5.82 Å². The molecule has 0 saturated carbocycles. The van der Waals surface area contributed by atoms with Crippen LogP contribution in [-0.4, -0.2) is 30.4 Å². The van der Waals surface area contributed by atoms with E-state index in [0.717, 1.165) is 36.2 Å². The number of aromatic nitrogens is 2. The predicted molar refractivity (Wildman–Crippen MR) is 111 cm³/mol. The van der Waals surface area contributed by atoms with E-state index in [1.807, 2.05) is 19.1 Å². The fraction of sp³-hybridized carbons (Fsp3) is 0.227. The summed E-state index contributed by atoms with van der Waals surface area (Å²) < 4.78 is 20.0. The SMILES string of the molecule is COc1cc2nnc(C#N)c(Nc3ccc(C)cc3F)c2cc1C1=CCNCC1. The van der Waals surface area contributed by atoms with Crippen molar-refractivity contribution in [1.82, 2.24) is 15.5 Å². The molecule has 6 nitrogen and oxygen atoms in total. The number of methoxy groups -OCH3 is 1. The van der Waals surface area contributed by atoms with Crippen LogP contribution in [0.25, 0.3) is 16.5 Å². The lowest BCUT2D eigenvalue weighted by Crippen LogP contribution is -2.20. The first kappa shape index (κ1) is 18.8. The molecule has 2 N–H and O–H groups in total. The van der Waals surface area contributed by atoms with E-state index in [1.54, 1.807) is 19.2 Å². The zero-order chi connectivity index (χ0) is 20.4. The molecule has 0 bridgehead atoms. The average Bonchev–Trinajstić information content (AvgIpc) is 2.75. The summed E-state index contributed by atoms with van der Waals surface area (Å²) in [7, 11) is 1.62. The topological polar surface area (TPSA) is 82.9 Å². The van der Waals surface area contributed by atoms with Gasteiger partial charge in [0.05, 0.1) is 24.0 Å². The lowest BCUT2D eigenvalue weighted by atomic mass is 9.97. The second-order valence-electron chi connectivity index (χ2n) is 6.90. The Morgan fingerprint density at radius 3 is 2.79 bits per heavy atom. The molecule has 29 heavy (non-hydrogen) atoms. The molecule has 0 spiro atoms. The number of aryl methyl sites for hydroxylation is 1. The minimum atomic E-state index is -0.395. The third kappa shape index (κ3) is 3.62. The number of hydrogen-bond donors (Lipinski definition) is 2. The van der Waals surface area contributed by atoms with E-state index in [4.69, 9.17) is 4.74 Å². The number of ether oxygens (including phenoxy) is 1. The van der Waals surface area contributed by atoms with Crippen LogP contribution in [0, 0.1) is 24.1 Å². The number of hydrogen-bond acceptors (Lipinski definition) is 6. The van der Waals surface area contributed by atoms with Gasteiger partial charge >= 0.3 is 0 Å². The van der Waals surface area contributed by atoms with Gasteiger partial charge < -0.3 is 15.4 Å². The smallest absolute Gasteiger partial charge is 0.187 e. The van der Waals surface area contributed by atoms with Gasteiger partial charge in [0, 0.05) is 23.6 Å². The molecule has 7 heteroatoms. The summed E-state index contributed by atoms with van der Waals surface area (Å²) >= 11 is 0. The number of nitrogens with one attached hydrogen (secondary N) is 2. The quantitative estimate of drug-likeness (QED) is 0.700. The number of nitriles is 1. The molecule has 0 saturated heterocycles. The van der Waals surface area contributed by atoms with E-state index in [-0.39, 0.29) is 11.4 Å². The van der Waals surface area contributed by atoms with Gasteiger partial charge in [0.25, 0.3) is 0 Å². The maximum atomic E-state index is 14.4. The first-order valence-corrected chi connectivity index (χ1v) is 9.32. The van der Waals surface area contributed by atoms with E-state index in [2.05, 4.69) is 33.0 Å². The number of halogens is 1. The van der Waals surface area contributed by atoms with Crippen LogP contribution in [0.4, 0.5) is 15.8 Å². The van der Waals surface area contributed by atoms with Gasteiger partial charge in [-0.25, -0.2) is 4.39 Å². The number of fused-ring (bicyclic) bond motifs is 1. The Labute approximate surface area is 168 Å². The van der Waals surface area contributed by atoms with Gasteiger partial charge in [-0.3, -0.25) is 0 Å². The van der Waals surface area contributed by atoms with Crippen LogP contribution >= 0.6 is 0 Å². The van der Waals surface area contributed by atoms with Crippen molar-refractivity contribution in [2.24, 2.45) is 0 Å². The number of nitrogens with zero attached hydrogens (tertiary/aromatic N) is 3. The van der Waals surface area contributed by atoms with Gasteiger partial charge in [-0.05, 0) is 49.2 Å². The molecule has 146 valence electrons. The Balaban J connectivity index is 1.92. The Morgan fingerprint density at radius 2 is 2.10 bits per heavy atom. The van der Waals surface area contributed by atoms with Crippen LogP contribution in [0.3, 0.4) is 0 Å². The van der Waals surface area contributed by atoms with Crippen LogP contribution in [0.15, 0.2) is 36.4 Å². The van der Waals surface area contributed by atoms with Crippen molar-refractivity contribution in [3.8, 4) is 11.8 Å². The zero-order valence-electron chi connectivity index (χ0n) is 16.2. The molecule has 0 radical (unpaired) electrons. The number of benzene rings is 2. The Morgan fingerprint density at radius 1 is 1.24 bits per heavy atom. The summed E-state index contributed by atoms with van der Waals surface area (Å²) in [4.78, 5) is 0. The molecule has 0 aliphatic carbocycles. The largest absolute Gasteiger partial charge is 0.496 e. The van der Waals surface area contributed by atoms with Crippen molar-refractivity contribution >= 4 is 27.9 Å². The van der Waals surface area contributed by atoms with E-state index in [9.17, 15) is 9.65 Å². The maximum absolute atomic E-state index is 14.4. The molecule has 3 aromatic rings. The number of rotatable bonds is 4. The first-order chi connectivity index (χ1) is 14.1. The van der Waals surface area contributed by atoms with Crippen molar-refractivity contribution in [2.45, 2.75) is 13.3 Å². The maximum Gasteiger partial charge on any atom is 0.187 e. The summed E-state index contributed by atoms with van der Waals surface area (Å²) in [5.41, 5.74) is 4.29. The highest BCUT2D eigenvalue weighted by atomic mass is 19.1. The lowest BCUT2D eigenvalue weighted by molar-refractivity contribution is 0.413. The Hall–Kier alpha value is -3.50. The molecule has 1 aromatic heterocycles. The monoisotopic (exact) mass is 389 g/mol. The van der Waals surface area contributed by atoms with E-state index in [1.165, 1.54) is 6.07 Å². The third-order valence-corrected chi connectivity index (χ3v) is 4.98. The van der Waals surface area contributed by atoms with Crippen LogP contribution in [0.1, 0.15) is 23.2 Å². The fourth-order valence-corrected chi connectivity index (χ4v) is 3.48. The average molecular weight is 389 g/mol. The summed E-state index contributed by atoms with van der Waals surface area (Å²) in [6, 6.07) is 10.7. The summed E-state index contributed by atoms with van der Waals surface area (Å²) in [6.45, 7) is 3.49. The molecule has 2 heterocycles. The Bertz CT molecular complexity index is 1170. The Kier molecular flexibility index (Phi) is 5.10. The molecule has 0 atom stereocenters. The van der Waals surface area contributed by atoms with E-state index in [0.29, 0.717) is 22.3 Å². The zero-order valence-corrected chi connectivity index (χ0v) is 16.2. The van der Waals surface area contributed by atoms with E-state index >= 15 is 0 Å². The minimum absolute atomic E-state index is 0.105. The molecule has 0 amide bonds. The highest BCUT2D eigenvalue weighted by Crippen LogP contribution is 2.37. The molecule has 1 aliphatic rings. The van der Waals surface area contributed by atoms with Crippen molar-refractivity contribution < 1.29 is 9.13 Å². The molecule has 4 rings (SSSR count). The van der Waals surface area contributed by atoms with Gasteiger partial charge in [-0.15, -0.1) is 10.2 Å². The summed E-state index contributed by atoms with van der Waals surface area (Å²) in [5.74, 6) is 0.297. The molecular weight excluding hydrogens is 369 g/mol. The van der Waals surface area contributed by atoms with Crippen molar-refractivity contribution in [3.63, 3.8) is 0 Å². The molecular formula is C22H20FN5O. The lowest BCUT2D eigenvalue weighted by Gasteiger charge is -2.19. The van der Waals surface area contributed by atoms with Gasteiger partial charge in [0.1, 0.15) is 17.6 Å². The fourth-order valence-electron chi connectivity index (χ4n) is 3.48. The molecule has 2 aromatic carbocycles. The normalized spacial score (nSPS) is 13.7. The van der Waals surface area contributed by atoms with Crippen LogP contribution in [-0.2, 0) is 0 Å². The van der Waals surface area contributed by atoms with Crippen molar-refractivity contribution in [1.29, 1.82) is 5.26 Å². The standard InChI is InChI=1S/C22H20FN5O/c1-13-3-4-18(17(23)9-13)26-22-16-10-15(14-5-7-25-8-6-14)21(29-2)11-19(16)27-28-20(22)12-24/h3-5,9-11,25H,6-8H2,1-2H3,(H,26,27). The van der Waals surface area contributed by atoms with Crippen LogP contribution in [0.2, 0.25) is 0 Å². The highest BCUT2D eigenvalue weighted by molar-refractivity contribution is 5.98. The minimum Gasteiger partial charge on any atom is -0.496 e.